The van der Waals surface area contributed by atoms with Crippen LogP contribution in [0.5, 0.6) is 0 Å². The van der Waals surface area contributed by atoms with Crippen molar-refractivity contribution < 1.29 is 13.2 Å². The third kappa shape index (κ3) is 4.15. The fourth-order valence-corrected chi connectivity index (χ4v) is 2.77. The Morgan fingerprint density at radius 3 is 2.42 bits per heavy atom. The predicted octanol–water partition coefficient (Wildman–Crippen LogP) is 5.09. The summed E-state index contributed by atoms with van der Waals surface area (Å²) in [6, 6.07) is 5.69. The highest BCUT2D eigenvalue weighted by molar-refractivity contribution is 5.52. The Labute approximate surface area is 112 Å². The van der Waals surface area contributed by atoms with Gasteiger partial charge in [0.2, 0.25) is 0 Å². The molecule has 0 unspecified atom stereocenters. The van der Waals surface area contributed by atoms with E-state index in [1.54, 1.807) is 6.07 Å². The van der Waals surface area contributed by atoms with E-state index in [0.717, 1.165) is 12.5 Å². The Balaban J connectivity index is 1.88. The fraction of sp³-hybridized carbons (Fsp3) is 0.600. The minimum absolute atomic E-state index is 0.200. The second-order valence-electron chi connectivity index (χ2n) is 5.26. The molecule has 1 aromatic carbocycles. The number of halogens is 3. The molecule has 106 valence electrons. The summed E-state index contributed by atoms with van der Waals surface area (Å²) in [4.78, 5) is 0. The molecule has 0 spiro atoms. The number of alkyl halides is 3. The van der Waals surface area contributed by atoms with Crippen molar-refractivity contribution in [1.29, 1.82) is 0 Å². The second-order valence-corrected chi connectivity index (χ2v) is 5.26. The zero-order chi connectivity index (χ0) is 13.7. The average Bonchev–Trinajstić information content (AvgIpc) is 2.39. The molecule has 1 aromatic rings. The van der Waals surface area contributed by atoms with Crippen molar-refractivity contribution >= 4 is 5.69 Å². The van der Waals surface area contributed by atoms with Crippen LogP contribution in [0.15, 0.2) is 24.3 Å². The van der Waals surface area contributed by atoms with E-state index in [2.05, 4.69) is 5.32 Å². The van der Waals surface area contributed by atoms with Gasteiger partial charge in [0.1, 0.15) is 0 Å². The van der Waals surface area contributed by atoms with Gasteiger partial charge in [-0.05, 0) is 24.5 Å². The van der Waals surface area contributed by atoms with Gasteiger partial charge in [0.15, 0.2) is 0 Å². The molecule has 0 bridgehead atoms. The van der Waals surface area contributed by atoms with Crippen LogP contribution >= 0.6 is 0 Å². The molecule has 1 fully saturated rings. The van der Waals surface area contributed by atoms with Gasteiger partial charge in [-0.25, -0.2) is 0 Å². The molecule has 19 heavy (non-hydrogen) atoms. The summed E-state index contributed by atoms with van der Waals surface area (Å²) >= 11 is 0. The molecule has 0 saturated heterocycles. The second kappa shape index (κ2) is 6.31. The molecule has 2 rings (SSSR count). The molecule has 1 nitrogen and oxygen atoms in total. The number of para-hydroxylation sites is 1. The minimum Gasteiger partial charge on any atom is -0.385 e. The first-order chi connectivity index (χ1) is 9.07. The molecule has 0 radical (unpaired) electrons. The molecule has 1 aliphatic carbocycles. The van der Waals surface area contributed by atoms with Crippen molar-refractivity contribution in [1.82, 2.24) is 0 Å². The highest BCUT2D eigenvalue weighted by Crippen LogP contribution is 2.34. The molecule has 0 amide bonds. The molecule has 0 atom stereocenters. The number of anilines is 1. The van der Waals surface area contributed by atoms with Crippen LogP contribution in [0.4, 0.5) is 18.9 Å². The van der Waals surface area contributed by atoms with Crippen molar-refractivity contribution in [2.45, 2.75) is 44.7 Å². The van der Waals surface area contributed by atoms with E-state index in [4.69, 9.17) is 0 Å². The summed E-state index contributed by atoms with van der Waals surface area (Å²) in [5.74, 6) is 0.680. The maximum atomic E-state index is 12.8. The number of hydrogen-bond donors (Lipinski definition) is 1. The zero-order valence-corrected chi connectivity index (χ0v) is 11.0. The van der Waals surface area contributed by atoms with E-state index >= 15 is 0 Å². The molecule has 1 aliphatic rings. The quantitative estimate of drug-likeness (QED) is 0.804. The third-order valence-electron chi connectivity index (χ3n) is 3.83. The van der Waals surface area contributed by atoms with Gasteiger partial charge >= 0.3 is 6.18 Å². The van der Waals surface area contributed by atoms with Gasteiger partial charge in [-0.15, -0.1) is 0 Å². The van der Waals surface area contributed by atoms with Crippen LogP contribution in [0.25, 0.3) is 0 Å². The summed E-state index contributed by atoms with van der Waals surface area (Å²) in [7, 11) is 0. The minimum atomic E-state index is -4.28. The van der Waals surface area contributed by atoms with Gasteiger partial charge in [0.05, 0.1) is 5.56 Å². The molecule has 1 N–H and O–H groups in total. The smallest absolute Gasteiger partial charge is 0.385 e. The topological polar surface area (TPSA) is 12.0 Å². The lowest BCUT2D eigenvalue weighted by Gasteiger charge is -2.22. The van der Waals surface area contributed by atoms with Crippen LogP contribution < -0.4 is 5.32 Å². The molecule has 1 saturated carbocycles. The number of hydrogen-bond acceptors (Lipinski definition) is 1. The van der Waals surface area contributed by atoms with Crippen LogP contribution in [0, 0.1) is 5.92 Å². The largest absolute Gasteiger partial charge is 0.418 e. The number of benzene rings is 1. The fourth-order valence-electron chi connectivity index (χ4n) is 2.77. The highest BCUT2D eigenvalue weighted by Gasteiger charge is 2.33. The summed E-state index contributed by atoms with van der Waals surface area (Å²) in [6.07, 6.45) is 2.97. The van der Waals surface area contributed by atoms with Crippen LogP contribution in [-0.2, 0) is 6.18 Å². The number of nitrogens with one attached hydrogen (secondary N) is 1. The summed E-state index contributed by atoms with van der Waals surface area (Å²) < 4.78 is 38.4. The predicted molar refractivity (Wildman–Crippen MR) is 71.1 cm³/mol. The van der Waals surface area contributed by atoms with Gasteiger partial charge in [-0.2, -0.15) is 13.2 Å². The summed E-state index contributed by atoms with van der Waals surface area (Å²) in [6.45, 7) is 0.623. The Bertz CT molecular complexity index is 395. The summed E-state index contributed by atoms with van der Waals surface area (Å²) in [5.41, 5.74) is -0.371. The Kier molecular flexibility index (Phi) is 4.72. The Morgan fingerprint density at radius 2 is 1.74 bits per heavy atom. The first-order valence-corrected chi connectivity index (χ1v) is 6.97. The summed E-state index contributed by atoms with van der Waals surface area (Å²) in [5, 5.41) is 2.95. The average molecular weight is 271 g/mol. The SMILES string of the molecule is FC(F)(F)c1ccccc1NCCC1CCCCC1. The molecule has 0 aromatic heterocycles. The van der Waals surface area contributed by atoms with Crippen LogP contribution in [0.1, 0.15) is 44.1 Å². The van der Waals surface area contributed by atoms with E-state index < -0.39 is 11.7 Å². The van der Waals surface area contributed by atoms with Crippen LogP contribution in [0.2, 0.25) is 0 Å². The van der Waals surface area contributed by atoms with Crippen molar-refractivity contribution in [2.24, 2.45) is 5.92 Å². The van der Waals surface area contributed by atoms with Crippen molar-refractivity contribution in [3.63, 3.8) is 0 Å². The Hall–Kier alpha value is -1.19. The highest BCUT2D eigenvalue weighted by atomic mass is 19.4. The van der Waals surface area contributed by atoms with Gasteiger partial charge in [0.25, 0.3) is 0 Å². The maximum Gasteiger partial charge on any atom is 0.418 e. The van der Waals surface area contributed by atoms with Crippen LogP contribution in [0.3, 0.4) is 0 Å². The van der Waals surface area contributed by atoms with Gasteiger partial charge in [-0.1, -0.05) is 44.2 Å². The molecule has 4 heteroatoms. The first-order valence-electron chi connectivity index (χ1n) is 6.97. The monoisotopic (exact) mass is 271 g/mol. The van der Waals surface area contributed by atoms with Crippen molar-refractivity contribution in [3.8, 4) is 0 Å². The first kappa shape index (κ1) is 14.2. The van der Waals surface area contributed by atoms with Gasteiger partial charge in [-0.3, -0.25) is 0 Å². The van der Waals surface area contributed by atoms with Crippen molar-refractivity contribution in [3.05, 3.63) is 29.8 Å². The lowest BCUT2D eigenvalue weighted by molar-refractivity contribution is -0.136. The lowest BCUT2D eigenvalue weighted by atomic mass is 9.87. The molecular weight excluding hydrogens is 251 g/mol. The third-order valence-corrected chi connectivity index (χ3v) is 3.83. The standard InChI is InChI=1S/C15H20F3N/c16-15(17,18)13-8-4-5-9-14(13)19-11-10-12-6-2-1-3-7-12/h4-5,8-9,12,19H,1-3,6-7,10-11H2. The number of rotatable bonds is 4. The van der Waals surface area contributed by atoms with Crippen LogP contribution in [-0.4, -0.2) is 6.54 Å². The van der Waals surface area contributed by atoms with Gasteiger partial charge in [0, 0.05) is 12.2 Å². The maximum absolute atomic E-state index is 12.8. The normalized spacial score (nSPS) is 17.4. The van der Waals surface area contributed by atoms with Gasteiger partial charge < -0.3 is 5.32 Å². The molecular formula is C15H20F3N. The van der Waals surface area contributed by atoms with E-state index in [-0.39, 0.29) is 5.69 Å². The van der Waals surface area contributed by atoms with Crippen molar-refractivity contribution in [2.75, 3.05) is 11.9 Å². The van der Waals surface area contributed by atoms with E-state index in [0.29, 0.717) is 12.5 Å². The van der Waals surface area contributed by atoms with E-state index in [9.17, 15) is 13.2 Å². The van der Waals surface area contributed by atoms with E-state index in [1.807, 2.05) is 0 Å². The molecule has 0 aliphatic heterocycles. The van der Waals surface area contributed by atoms with E-state index in [1.165, 1.54) is 44.2 Å². The molecule has 0 heterocycles. The lowest BCUT2D eigenvalue weighted by Crippen LogP contribution is -2.15. The zero-order valence-electron chi connectivity index (χ0n) is 11.0. The Morgan fingerprint density at radius 1 is 1.05 bits per heavy atom.